The quantitative estimate of drug-likeness (QED) is 0.411. The summed E-state index contributed by atoms with van der Waals surface area (Å²) in [5.41, 5.74) is 9.11. The number of ether oxygens (including phenoxy) is 1. The lowest BCUT2D eigenvalue weighted by atomic mass is 9.92. The van der Waals surface area contributed by atoms with Crippen LogP contribution in [0.3, 0.4) is 0 Å². The second-order valence-electron chi connectivity index (χ2n) is 9.41. The Morgan fingerprint density at radius 2 is 1.86 bits per heavy atom. The normalized spacial score (nSPS) is 24.6. The number of nitrogens with zero attached hydrogens (tertiary/aromatic N) is 3. The molecule has 3 aliphatic rings. The number of amides is 3. The van der Waals surface area contributed by atoms with E-state index < -0.39 is 17.9 Å². The molecule has 0 spiro atoms. The van der Waals surface area contributed by atoms with Crippen molar-refractivity contribution >= 4 is 18.0 Å². The summed E-state index contributed by atoms with van der Waals surface area (Å²) in [6.07, 6.45) is -0.774. The van der Waals surface area contributed by atoms with Crippen LogP contribution in [0.4, 0.5) is 22.4 Å². The maximum absolute atomic E-state index is 13.9. The summed E-state index contributed by atoms with van der Waals surface area (Å²) in [5, 5.41) is 0. The Balaban J connectivity index is 1.27. The highest BCUT2D eigenvalue weighted by Gasteiger charge is 2.38. The molecule has 0 aromatic heterocycles. The highest BCUT2D eigenvalue weighted by Crippen LogP contribution is 2.32. The van der Waals surface area contributed by atoms with Gasteiger partial charge >= 0.3 is 12.4 Å². The fourth-order valence-corrected chi connectivity index (χ4v) is 4.96. The maximum atomic E-state index is 13.9. The van der Waals surface area contributed by atoms with Crippen molar-refractivity contribution in [1.29, 1.82) is 0 Å². The van der Waals surface area contributed by atoms with E-state index >= 15 is 0 Å². The second-order valence-corrected chi connectivity index (χ2v) is 9.41. The van der Waals surface area contributed by atoms with Gasteiger partial charge in [-0.25, -0.2) is 20.0 Å². The number of hydrogen-bond donors (Lipinski definition) is 3. The van der Waals surface area contributed by atoms with Gasteiger partial charge in [0.05, 0.1) is 6.04 Å². The average Bonchev–Trinajstić information content (AvgIpc) is 3.43. The summed E-state index contributed by atoms with van der Waals surface area (Å²) >= 11 is 0. The van der Waals surface area contributed by atoms with E-state index in [2.05, 4.69) is 21.1 Å². The fraction of sp³-hybridized carbons (Fsp3) is 0.565. The van der Waals surface area contributed by atoms with Crippen molar-refractivity contribution in [3.05, 3.63) is 35.7 Å². The Bertz CT molecular complexity index is 969. The molecule has 0 bridgehead atoms. The average molecular weight is 515 g/mol. The largest absolute Gasteiger partial charge is 0.573 e. The summed E-state index contributed by atoms with van der Waals surface area (Å²) in [4.78, 5) is 30.9. The van der Waals surface area contributed by atoms with Gasteiger partial charge < -0.3 is 19.4 Å². The number of likely N-dealkylation sites (N-methyl/N-ethyl adjacent to an activating group) is 1. The Morgan fingerprint density at radius 1 is 1.17 bits per heavy atom. The van der Waals surface area contributed by atoms with Crippen molar-refractivity contribution in [3.63, 3.8) is 0 Å². The first-order valence-electron chi connectivity index (χ1n) is 11.8. The lowest BCUT2D eigenvalue weighted by Crippen LogP contribution is -2.47. The van der Waals surface area contributed by atoms with Crippen LogP contribution in [0, 0.1) is 17.7 Å². The monoisotopic (exact) mass is 514 g/mol. The highest BCUT2D eigenvalue weighted by atomic mass is 19.4. The number of carbonyl (C=O) groups excluding carboxylic acids is 2. The van der Waals surface area contributed by atoms with Crippen molar-refractivity contribution in [3.8, 4) is 5.75 Å². The molecule has 9 nitrogen and oxygen atoms in total. The van der Waals surface area contributed by atoms with Crippen molar-refractivity contribution in [2.24, 2.45) is 11.8 Å². The molecule has 1 aromatic carbocycles. The molecule has 36 heavy (non-hydrogen) atoms. The van der Waals surface area contributed by atoms with E-state index in [-0.39, 0.29) is 23.5 Å². The van der Waals surface area contributed by atoms with Crippen LogP contribution in [-0.2, 0) is 4.79 Å². The number of hydrazine groups is 2. The van der Waals surface area contributed by atoms with E-state index in [9.17, 15) is 27.2 Å². The van der Waals surface area contributed by atoms with E-state index in [0.717, 1.165) is 31.5 Å². The smallest absolute Gasteiger partial charge is 0.403 e. The molecule has 3 N–H and O–H groups in total. The molecule has 3 amide bonds. The van der Waals surface area contributed by atoms with Gasteiger partial charge in [-0.1, -0.05) is 6.07 Å². The number of halogens is 4. The summed E-state index contributed by atoms with van der Waals surface area (Å²) < 4.78 is 54.4. The third-order valence-electron chi connectivity index (χ3n) is 6.83. The number of hydrogen-bond acceptors (Lipinski definition) is 6. The van der Waals surface area contributed by atoms with Gasteiger partial charge in [-0.3, -0.25) is 4.79 Å². The molecule has 3 aliphatic heterocycles. The molecule has 198 valence electrons. The molecule has 1 unspecified atom stereocenters. The molecule has 0 aliphatic carbocycles. The van der Waals surface area contributed by atoms with Crippen LogP contribution < -0.4 is 21.1 Å². The lowest BCUT2D eigenvalue weighted by molar-refractivity contribution is -0.275. The summed E-state index contributed by atoms with van der Waals surface area (Å²) in [6, 6.07) is 3.16. The zero-order chi connectivity index (χ0) is 25.9. The molecule has 0 radical (unpaired) electrons. The molecule has 13 heteroatoms. The van der Waals surface area contributed by atoms with Gasteiger partial charge in [0.1, 0.15) is 0 Å². The Hall–Kier alpha value is -2.90. The number of fused-ring (bicyclic) bond motifs is 1. The first kappa shape index (κ1) is 26.2. The summed E-state index contributed by atoms with van der Waals surface area (Å²) in [6.45, 7) is 3.71. The van der Waals surface area contributed by atoms with Crippen LogP contribution in [-0.4, -0.2) is 85.4 Å². The topological polar surface area (TPSA) is 89.2 Å². The van der Waals surface area contributed by atoms with Crippen LogP contribution in [0.5, 0.6) is 5.75 Å². The second kappa shape index (κ2) is 11.0. The van der Waals surface area contributed by atoms with Crippen LogP contribution in [0.2, 0.25) is 0 Å². The van der Waals surface area contributed by atoms with Gasteiger partial charge in [-0.2, -0.15) is 5.53 Å². The standard InChI is InChI=1S/C23H30F4N6O3/c1-31(14-18-11-28-30-29-18)22(35)33-12-16-6-8-32(9-7-17(16)13-33)21(34)5-3-15-2-4-20(19(24)10-15)36-23(25,26)27/h2-5,10,16-18,28-30H,6-9,11-14H2,1H3/b5-3+/t16-,17+,18?. The Morgan fingerprint density at radius 3 is 2.44 bits per heavy atom. The molecule has 1 aromatic rings. The predicted octanol–water partition coefficient (Wildman–Crippen LogP) is 1.94. The van der Waals surface area contributed by atoms with E-state index in [4.69, 9.17) is 0 Å². The van der Waals surface area contributed by atoms with Crippen LogP contribution >= 0.6 is 0 Å². The molecule has 3 atom stereocenters. The Kier molecular flexibility index (Phi) is 8.00. The van der Waals surface area contributed by atoms with Gasteiger partial charge in [-0.05, 0) is 48.4 Å². The van der Waals surface area contributed by atoms with E-state index in [0.29, 0.717) is 44.6 Å². The van der Waals surface area contributed by atoms with E-state index in [1.54, 1.807) is 16.8 Å². The minimum absolute atomic E-state index is 0.00604. The third kappa shape index (κ3) is 6.65. The number of likely N-dealkylation sites (tertiary alicyclic amines) is 2. The molecule has 3 fully saturated rings. The maximum Gasteiger partial charge on any atom is 0.573 e. The van der Waals surface area contributed by atoms with Crippen molar-refractivity contribution in [2.45, 2.75) is 25.2 Å². The van der Waals surface area contributed by atoms with Gasteiger partial charge in [0.2, 0.25) is 5.91 Å². The summed E-state index contributed by atoms with van der Waals surface area (Å²) in [7, 11) is 1.80. The van der Waals surface area contributed by atoms with Gasteiger partial charge in [0, 0.05) is 52.4 Å². The third-order valence-corrected chi connectivity index (χ3v) is 6.83. The number of carbonyl (C=O) groups is 2. The number of benzene rings is 1. The van der Waals surface area contributed by atoms with Crippen molar-refractivity contribution in [1.82, 2.24) is 31.1 Å². The van der Waals surface area contributed by atoms with Crippen LogP contribution in [0.1, 0.15) is 18.4 Å². The molecule has 3 heterocycles. The first-order chi connectivity index (χ1) is 17.1. The van der Waals surface area contributed by atoms with Gasteiger partial charge in [-0.15, -0.1) is 13.2 Å². The molecule has 4 rings (SSSR count). The number of urea groups is 1. The Labute approximate surface area is 206 Å². The molecular formula is C23H30F4N6O3. The molecular weight excluding hydrogens is 484 g/mol. The number of alkyl halides is 3. The first-order valence-corrected chi connectivity index (χ1v) is 11.8. The lowest BCUT2D eigenvalue weighted by Gasteiger charge is -2.27. The highest BCUT2D eigenvalue weighted by molar-refractivity contribution is 5.91. The minimum atomic E-state index is -4.98. The fourth-order valence-electron chi connectivity index (χ4n) is 4.96. The van der Waals surface area contributed by atoms with Gasteiger partial charge in [0.15, 0.2) is 11.6 Å². The van der Waals surface area contributed by atoms with Crippen LogP contribution in [0.15, 0.2) is 24.3 Å². The summed E-state index contributed by atoms with van der Waals surface area (Å²) in [5.74, 6) is -1.71. The van der Waals surface area contributed by atoms with Crippen LogP contribution in [0.25, 0.3) is 6.08 Å². The van der Waals surface area contributed by atoms with Gasteiger partial charge in [0.25, 0.3) is 0 Å². The zero-order valence-electron chi connectivity index (χ0n) is 19.9. The molecule has 0 saturated carbocycles. The SMILES string of the molecule is CN(CC1CNNN1)C(=O)N1C[C@H]2CCN(C(=O)/C=C/c3ccc(OC(F)(F)F)c(F)c3)CC[C@H]2C1. The van der Waals surface area contributed by atoms with Crippen molar-refractivity contribution in [2.75, 3.05) is 46.3 Å². The van der Waals surface area contributed by atoms with Crippen molar-refractivity contribution < 1.29 is 31.9 Å². The van der Waals surface area contributed by atoms with E-state index in [1.165, 1.54) is 18.2 Å². The zero-order valence-corrected chi connectivity index (χ0v) is 19.9. The van der Waals surface area contributed by atoms with E-state index in [1.807, 2.05) is 4.90 Å². The minimum Gasteiger partial charge on any atom is -0.403 e. The number of nitrogens with one attached hydrogen (secondary N) is 3. The molecule has 3 saturated heterocycles. The predicted molar refractivity (Wildman–Crippen MR) is 123 cm³/mol. The number of rotatable bonds is 5.